The summed E-state index contributed by atoms with van der Waals surface area (Å²) < 4.78 is 1.97. The first kappa shape index (κ1) is 11.2. The normalized spacial score (nSPS) is 15.4. The van der Waals surface area contributed by atoms with Crippen molar-refractivity contribution in [1.29, 1.82) is 0 Å². The molecule has 0 fully saturated rings. The second-order valence-electron chi connectivity index (χ2n) is 3.95. The zero-order valence-electron chi connectivity index (χ0n) is 9.40. The molecule has 0 spiro atoms. The quantitative estimate of drug-likeness (QED) is 0.783. The van der Waals surface area contributed by atoms with E-state index in [-0.39, 0.29) is 6.04 Å². The maximum atomic E-state index is 6.11. The van der Waals surface area contributed by atoms with E-state index >= 15 is 0 Å². The molecular weight excluding hydrogens is 174 g/mol. The van der Waals surface area contributed by atoms with Gasteiger partial charge in [-0.1, -0.05) is 27.2 Å². The maximum Gasteiger partial charge on any atom is 0.0537 e. The van der Waals surface area contributed by atoms with Gasteiger partial charge < -0.3 is 5.73 Å². The number of aromatic nitrogens is 2. The minimum Gasteiger partial charge on any atom is -0.324 e. The van der Waals surface area contributed by atoms with Crippen LogP contribution in [0.1, 0.15) is 45.2 Å². The Bertz CT molecular complexity index is 267. The lowest BCUT2D eigenvalue weighted by atomic mass is 9.96. The number of aryl methyl sites for hydroxylation is 1. The molecule has 1 rings (SSSR count). The lowest BCUT2D eigenvalue weighted by molar-refractivity contribution is 0.456. The second kappa shape index (κ2) is 5.15. The van der Waals surface area contributed by atoms with Gasteiger partial charge in [0.05, 0.1) is 6.20 Å². The minimum atomic E-state index is 0.130. The molecule has 14 heavy (non-hydrogen) atoms. The Morgan fingerprint density at radius 3 is 2.79 bits per heavy atom. The molecule has 0 saturated carbocycles. The summed E-state index contributed by atoms with van der Waals surface area (Å²) in [6, 6.07) is 0.130. The van der Waals surface area contributed by atoms with E-state index in [4.69, 9.17) is 5.73 Å². The topological polar surface area (TPSA) is 43.8 Å². The van der Waals surface area contributed by atoms with Crippen molar-refractivity contribution < 1.29 is 0 Å². The molecule has 0 radical (unpaired) electrons. The summed E-state index contributed by atoms with van der Waals surface area (Å²) in [5, 5.41) is 4.28. The van der Waals surface area contributed by atoms with Crippen molar-refractivity contribution in [3.63, 3.8) is 0 Å². The van der Waals surface area contributed by atoms with Crippen molar-refractivity contribution in [2.24, 2.45) is 11.7 Å². The Balaban J connectivity index is 2.65. The van der Waals surface area contributed by atoms with Gasteiger partial charge in [0.25, 0.3) is 0 Å². The summed E-state index contributed by atoms with van der Waals surface area (Å²) in [5.74, 6) is 0.522. The molecule has 1 aromatic rings. The Morgan fingerprint density at radius 2 is 2.21 bits per heavy atom. The van der Waals surface area contributed by atoms with Gasteiger partial charge in [-0.05, 0) is 12.3 Å². The fourth-order valence-electron chi connectivity index (χ4n) is 1.49. The average Bonchev–Trinajstić information content (AvgIpc) is 2.64. The monoisotopic (exact) mass is 195 g/mol. The maximum absolute atomic E-state index is 6.11. The first-order chi connectivity index (χ1) is 6.69. The highest BCUT2D eigenvalue weighted by molar-refractivity contribution is 5.10. The predicted molar refractivity (Wildman–Crippen MR) is 58.9 cm³/mol. The van der Waals surface area contributed by atoms with Crippen molar-refractivity contribution in [3.8, 4) is 0 Å². The average molecular weight is 195 g/mol. The first-order valence-electron chi connectivity index (χ1n) is 5.47. The van der Waals surface area contributed by atoms with E-state index < -0.39 is 0 Å². The van der Waals surface area contributed by atoms with E-state index in [1.54, 1.807) is 0 Å². The van der Waals surface area contributed by atoms with E-state index in [0.29, 0.717) is 5.92 Å². The van der Waals surface area contributed by atoms with Gasteiger partial charge in [0.2, 0.25) is 0 Å². The molecule has 2 N–H and O–H groups in total. The van der Waals surface area contributed by atoms with Crippen molar-refractivity contribution >= 4 is 0 Å². The molecule has 1 aromatic heterocycles. The third-order valence-corrected chi connectivity index (χ3v) is 2.75. The van der Waals surface area contributed by atoms with Gasteiger partial charge in [-0.25, -0.2) is 0 Å². The number of hydrogen-bond acceptors (Lipinski definition) is 2. The molecule has 0 aromatic carbocycles. The zero-order chi connectivity index (χ0) is 10.6. The molecule has 3 nitrogen and oxygen atoms in total. The minimum absolute atomic E-state index is 0.130. The fourth-order valence-corrected chi connectivity index (χ4v) is 1.49. The molecule has 0 bridgehead atoms. The summed E-state index contributed by atoms with van der Waals surface area (Å²) in [4.78, 5) is 0. The van der Waals surface area contributed by atoms with Gasteiger partial charge in [-0.15, -0.1) is 0 Å². The number of rotatable bonds is 5. The molecule has 3 heteroatoms. The number of nitrogens with zero attached hydrogens (tertiary/aromatic N) is 2. The van der Waals surface area contributed by atoms with Crippen LogP contribution in [-0.2, 0) is 6.54 Å². The van der Waals surface area contributed by atoms with Crippen LogP contribution in [0.2, 0.25) is 0 Å². The van der Waals surface area contributed by atoms with Crippen LogP contribution in [0.3, 0.4) is 0 Å². The number of hydrogen-bond donors (Lipinski definition) is 1. The summed E-state index contributed by atoms with van der Waals surface area (Å²) in [7, 11) is 0. The first-order valence-corrected chi connectivity index (χ1v) is 5.47. The van der Waals surface area contributed by atoms with Crippen molar-refractivity contribution in [2.75, 3.05) is 0 Å². The lowest BCUT2D eigenvalue weighted by Crippen LogP contribution is -2.17. The van der Waals surface area contributed by atoms with Crippen LogP contribution < -0.4 is 5.73 Å². The van der Waals surface area contributed by atoms with Crippen molar-refractivity contribution in [2.45, 2.75) is 46.2 Å². The summed E-state index contributed by atoms with van der Waals surface area (Å²) in [5.41, 5.74) is 7.27. The standard InChI is InChI=1S/C11H21N3/c1-4-6-14-8-10(7-13-14)11(12)9(3)5-2/h7-9,11H,4-6,12H2,1-3H3. The highest BCUT2D eigenvalue weighted by Crippen LogP contribution is 2.20. The molecule has 0 aliphatic heterocycles. The molecule has 0 aliphatic rings. The van der Waals surface area contributed by atoms with E-state index in [1.807, 2.05) is 10.9 Å². The Morgan fingerprint density at radius 1 is 1.50 bits per heavy atom. The second-order valence-corrected chi connectivity index (χ2v) is 3.95. The fraction of sp³-hybridized carbons (Fsp3) is 0.727. The SMILES string of the molecule is CCCn1cc(C(N)C(C)CC)cn1. The van der Waals surface area contributed by atoms with Crippen LogP contribution in [0.5, 0.6) is 0 Å². The molecule has 0 saturated heterocycles. The third kappa shape index (κ3) is 2.58. The molecule has 1 heterocycles. The highest BCUT2D eigenvalue weighted by atomic mass is 15.3. The van der Waals surface area contributed by atoms with Crippen LogP contribution in [0.25, 0.3) is 0 Å². The zero-order valence-corrected chi connectivity index (χ0v) is 9.40. The van der Waals surface area contributed by atoms with Crippen LogP contribution in [0, 0.1) is 5.92 Å². The van der Waals surface area contributed by atoms with Crippen molar-refractivity contribution in [1.82, 2.24) is 9.78 Å². The Hall–Kier alpha value is -0.830. The van der Waals surface area contributed by atoms with Gasteiger partial charge >= 0.3 is 0 Å². The van der Waals surface area contributed by atoms with Gasteiger partial charge in [0.15, 0.2) is 0 Å². The van der Waals surface area contributed by atoms with Gasteiger partial charge in [0, 0.05) is 24.3 Å². The smallest absolute Gasteiger partial charge is 0.0537 e. The molecule has 0 amide bonds. The molecular formula is C11H21N3. The lowest BCUT2D eigenvalue weighted by Gasteiger charge is -2.16. The predicted octanol–water partition coefficient (Wildman–Crippen LogP) is 2.34. The molecule has 0 aliphatic carbocycles. The van der Waals surface area contributed by atoms with Gasteiger partial charge in [0.1, 0.15) is 0 Å². The van der Waals surface area contributed by atoms with E-state index in [2.05, 4.69) is 32.1 Å². The van der Waals surface area contributed by atoms with Crippen LogP contribution in [-0.4, -0.2) is 9.78 Å². The van der Waals surface area contributed by atoms with Crippen LogP contribution in [0.4, 0.5) is 0 Å². The summed E-state index contributed by atoms with van der Waals surface area (Å²) in [6.45, 7) is 7.48. The number of nitrogens with two attached hydrogens (primary N) is 1. The third-order valence-electron chi connectivity index (χ3n) is 2.75. The van der Waals surface area contributed by atoms with E-state index in [1.165, 1.54) is 0 Å². The van der Waals surface area contributed by atoms with Crippen LogP contribution >= 0.6 is 0 Å². The van der Waals surface area contributed by atoms with Crippen molar-refractivity contribution in [3.05, 3.63) is 18.0 Å². The van der Waals surface area contributed by atoms with Gasteiger partial charge in [-0.2, -0.15) is 5.10 Å². The van der Waals surface area contributed by atoms with Gasteiger partial charge in [-0.3, -0.25) is 4.68 Å². The highest BCUT2D eigenvalue weighted by Gasteiger charge is 2.14. The van der Waals surface area contributed by atoms with Crippen LogP contribution in [0.15, 0.2) is 12.4 Å². The van der Waals surface area contributed by atoms with E-state index in [0.717, 1.165) is 24.9 Å². The Labute approximate surface area is 86.3 Å². The van der Waals surface area contributed by atoms with E-state index in [9.17, 15) is 0 Å². The summed E-state index contributed by atoms with van der Waals surface area (Å²) in [6.07, 6.45) is 6.19. The molecule has 2 unspecified atom stereocenters. The Kier molecular flexibility index (Phi) is 4.14. The largest absolute Gasteiger partial charge is 0.324 e. The summed E-state index contributed by atoms with van der Waals surface area (Å²) >= 11 is 0. The molecule has 2 atom stereocenters. The molecule has 80 valence electrons.